The SMILES string of the molecule is O=C(O)CC1Cc2c([N+](=O)[O-])cc3[nH]c(=O)c(=O)[nH]c3c2C1. The predicted octanol–water partition coefficient (Wildman–Crippen LogP) is 0.314. The van der Waals surface area contributed by atoms with Crippen LogP contribution in [0.25, 0.3) is 11.0 Å². The molecule has 1 unspecified atom stereocenters. The first kappa shape index (κ1) is 14.0. The van der Waals surface area contributed by atoms with Gasteiger partial charge in [-0.3, -0.25) is 24.5 Å². The predicted molar refractivity (Wildman–Crippen MR) is 75.0 cm³/mol. The number of nitro benzene ring substituents is 1. The van der Waals surface area contributed by atoms with Crippen molar-refractivity contribution in [1.29, 1.82) is 0 Å². The van der Waals surface area contributed by atoms with Crippen LogP contribution in [0.5, 0.6) is 0 Å². The molecule has 0 spiro atoms. The van der Waals surface area contributed by atoms with Crippen molar-refractivity contribution in [1.82, 2.24) is 9.97 Å². The number of aliphatic carboxylic acids is 1. The highest BCUT2D eigenvalue weighted by molar-refractivity contribution is 5.84. The molecule has 3 rings (SSSR count). The number of nitrogens with zero attached hydrogens (tertiary/aromatic N) is 1. The van der Waals surface area contributed by atoms with Crippen LogP contribution >= 0.6 is 0 Å². The van der Waals surface area contributed by atoms with Gasteiger partial charge in [0.1, 0.15) is 0 Å². The molecule has 114 valence electrons. The molecule has 1 aromatic carbocycles. The van der Waals surface area contributed by atoms with Gasteiger partial charge >= 0.3 is 17.1 Å². The fourth-order valence-electron chi connectivity index (χ4n) is 3.01. The Morgan fingerprint density at radius 2 is 1.91 bits per heavy atom. The zero-order valence-electron chi connectivity index (χ0n) is 11.2. The summed E-state index contributed by atoms with van der Waals surface area (Å²) >= 11 is 0. The normalized spacial score (nSPS) is 16.6. The maximum absolute atomic E-state index is 11.5. The number of nitrogens with one attached hydrogen (secondary N) is 2. The molecule has 0 aliphatic heterocycles. The molecule has 0 saturated heterocycles. The van der Waals surface area contributed by atoms with Gasteiger partial charge < -0.3 is 15.1 Å². The largest absolute Gasteiger partial charge is 0.481 e. The standard InChI is InChI=1S/C13H11N3O6/c17-10(18)3-5-1-6-7(2-5)11-8(4-9(6)16(21)22)14-12(19)13(20)15-11/h4-5H,1-3H2,(H,14,19)(H,15,20)(H,17,18). The van der Waals surface area contributed by atoms with Crippen molar-refractivity contribution in [2.45, 2.75) is 19.3 Å². The smallest absolute Gasteiger partial charge is 0.314 e. The van der Waals surface area contributed by atoms with E-state index in [0.29, 0.717) is 23.1 Å². The van der Waals surface area contributed by atoms with Crippen LogP contribution in [0, 0.1) is 16.0 Å². The zero-order valence-corrected chi connectivity index (χ0v) is 11.2. The van der Waals surface area contributed by atoms with Gasteiger partial charge in [-0.15, -0.1) is 0 Å². The fourth-order valence-corrected chi connectivity index (χ4v) is 3.01. The average molecular weight is 305 g/mol. The minimum Gasteiger partial charge on any atom is -0.481 e. The number of carbonyl (C=O) groups is 1. The number of benzene rings is 1. The topological polar surface area (TPSA) is 146 Å². The number of fused-ring (bicyclic) bond motifs is 3. The van der Waals surface area contributed by atoms with Crippen molar-refractivity contribution in [3.05, 3.63) is 48.0 Å². The van der Waals surface area contributed by atoms with Crippen molar-refractivity contribution in [2.75, 3.05) is 0 Å². The lowest BCUT2D eigenvalue weighted by atomic mass is 10.0. The van der Waals surface area contributed by atoms with Crippen LogP contribution in [0.3, 0.4) is 0 Å². The van der Waals surface area contributed by atoms with Gasteiger partial charge in [0.05, 0.1) is 16.0 Å². The van der Waals surface area contributed by atoms with E-state index in [4.69, 9.17) is 5.11 Å². The Labute approximate surface area is 121 Å². The molecule has 1 heterocycles. The third-order valence-electron chi connectivity index (χ3n) is 3.86. The molecule has 0 fully saturated rings. The van der Waals surface area contributed by atoms with E-state index in [1.54, 1.807) is 0 Å². The maximum Gasteiger partial charge on any atom is 0.314 e. The average Bonchev–Trinajstić information content (AvgIpc) is 2.82. The summed E-state index contributed by atoms with van der Waals surface area (Å²) < 4.78 is 0. The molecule has 1 aliphatic carbocycles. The molecular formula is C13H11N3O6. The second-order valence-corrected chi connectivity index (χ2v) is 5.31. The van der Waals surface area contributed by atoms with E-state index in [-0.39, 0.29) is 30.0 Å². The van der Waals surface area contributed by atoms with Crippen LogP contribution in [0.15, 0.2) is 15.7 Å². The number of rotatable bonds is 3. The lowest BCUT2D eigenvalue weighted by Crippen LogP contribution is -2.29. The number of hydrogen-bond donors (Lipinski definition) is 3. The van der Waals surface area contributed by atoms with Gasteiger partial charge in [0.15, 0.2) is 0 Å². The Hall–Kier alpha value is -2.97. The molecule has 0 bridgehead atoms. The van der Waals surface area contributed by atoms with Gasteiger partial charge in [0, 0.05) is 18.1 Å². The summed E-state index contributed by atoms with van der Waals surface area (Å²) in [6.45, 7) is 0. The van der Waals surface area contributed by atoms with Gasteiger partial charge in [0.2, 0.25) is 0 Å². The minimum atomic E-state index is -0.980. The fraction of sp³-hybridized carbons (Fsp3) is 0.308. The molecule has 9 heteroatoms. The van der Waals surface area contributed by atoms with Crippen LogP contribution in [-0.4, -0.2) is 26.0 Å². The summed E-state index contributed by atoms with van der Waals surface area (Å²) in [5, 5.41) is 20.1. The summed E-state index contributed by atoms with van der Waals surface area (Å²) in [6, 6.07) is 1.20. The highest BCUT2D eigenvalue weighted by Gasteiger charge is 2.32. The van der Waals surface area contributed by atoms with Gasteiger partial charge in [-0.2, -0.15) is 0 Å². The van der Waals surface area contributed by atoms with Crippen molar-refractivity contribution in [2.24, 2.45) is 5.92 Å². The summed E-state index contributed by atoms with van der Waals surface area (Å²) in [4.78, 5) is 49.1. The molecule has 1 aliphatic rings. The molecule has 0 saturated carbocycles. The Balaban J connectivity index is 2.26. The molecule has 9 nitrogen and oxygen atoms in total. The van der Waals surface area contributed by atoms with Crippen LogP contribution < -0.4 is 11.1 Å². The van der Waals surface area contributed by atoms with Gasteiger partial charge in [-0.25, -0.2) is 0 Å². The third kappa shape index (κ3) is 2.16. The van der Waals surface area contributed by atoms with Crippen molar-refractivity contribution >= 4 is 22.7 Å². The van der Waals surface area contributed by atoms with Crippen molar-refractivity contribution in [3.8, 4) is 0 Å². The molecule has 1 aromatic heterocycles. The summed E-state index contributed by atoms with van der Waals surface area (Å²) in [5.74, 6) is -1.25. The number of aromatic nitrogens is 2. The van der Waals surface area contributed by atoms with E-state index in [2.05, 4.69) is 9.97 Å². The molecule has 1 atom stereocenters. The molecule has 0 amide bonds. The monoisotopic (exact) mass is 305 g/mol. The lowest BCUT2D eigenvalue weighted by Gasteiger charge is -2.05. The number of carboxylic acid groups (broad SMARTS) is 1. The number of nitro groups is 1. The van der Waals surface area contributed by atoms with Crippen LogP contribution in [0.4, 0.5) is 5.69 Å². The van der Waals surface area contributed by atoms with Crippen LogP contribution in [-0.2, 0) is 17.6 Å². The summed E-state index contributed by atoms with van der Waals surface area (Å²) in [5.41, 5.74) is -0.440. The first-order valence-electron chi connectivity index (χ1n) is 6.54. The summed E-state index contributed by atoms with van der Waals surface area (Å²) in [7, 11) is 0. The van der Waals surface area contributed by atoms with E-state index in [0.717, 1.165) is 0 Å². The Morgan fingerprint density at radius 3 is 2.55 bits per heavy atom. The quantitative estimate of drug-likeness (QED) is 0.422. The first-order valence-corrected chi connectivity index (χ1v) is 6.54. The summed E-state index contributed by atoms with van der Waals surface area (Å²) in [6.07, 6.45) is 0.456. The van der Waals surface area contributed by atoms with Gasteiger partial charge in [0.25, 0.3) is 5.69 Å². The van der Waals surface area contributed by atoms with Crippen LogP contribution in [0.1, 0.15) is 17.5 Å². The number of aromatic amines is 2. The second-order valence-electron chi connectivity index (χ2n) is 5.31. The molecule has 22 heavy (non-hydrogen) atoms. The van der Waals surface area contributed by atoms with E-state index in [9.17, 15) is 24.5 Å². The van der Waals surface area contributed by atoms with Gasteiger partial charge in [-0.05, 0) is 24.3 Å². The van der Waals surface area contributed by atoms with Crippen LogP contribution in [0.2, 0.25) is 0 Å². The minimum absolute atomic E-state index is 0.110. The van der Waals surface area contributed by atoms with E-state index >= 15 is 0 Å². The Kier molecular flexibility index (Phi) is 3.05. The maximum atomic E-state index is 11.5. The highest BCUT2D eigenvalue weighted by Crippen LogP contribution is 2.38. The molecule has 0 radical (unpaired) electrons. The zero-order chi connectivity index (χ0) is 16.0. The molecule has 2 aromatic rings. The Morgan fingerprint density at radius 1 is 1.27 bits per heavy atom. The Bertz CT molecular complexity index is 926. The highest BCUT2D eigenvalue weighted by atomic mass is 16.6. The van der Waals surface area contributed by atoms with Crippen molar-refractivity contribution < 1.29 is 14.8 Å². The first-order chi connectivity index (χ1) is 10.4. The lowest BCUT2D eigenvalue weighted by molar-refractivity contribution is -0.385. The van der Waals surface area contributed by atoms with Crippen molar-refractivity contribution in [3.63, 3.8) is 0 Å². The number of hydrogen-bond acceptors (Lipinski definition) is 5. The van der Waals surface area contributed by atoms with E-state index < -0.39 is 22.0 Å². The molecule has 3 N–H and O–H groups in total. The molecular weight excluding hydrogens is 294 g/mol. The van der Waals surface area contributed by atoms with E-state index in [1.807, 2.05) is 0 Å². The number of carboxylic acids is 1. The second kappa shape index (κ2) is 4.79. The van der Waals surface area contributed by atoms with E-state index in [1.165, 1.54) is 6.07 Å². The third-order valence-corrected chi connectivity index (χ3v) is 3.86. The van der Waals surface area contributed by atoms with Gasteiger partial charge in [-0.1, -0.05) is 0 Å². The number of H-pyrrole nitrogens is 2.